The second kappa shape index (κ2) is 5.55. The minimum atomic E-state index is -0.743. The molecule has 0 saturated carbocycles. The fourth-order valence-electron chi connectivity index (χ4n) is 6.72. The van der Waals surface area contributed by atoms with E-state index in [0.29, 0.717) is 12.2 Å². The molecule has 0 N–H and O–H groups in total. The van der Waals surface area contributed by atoms with E-state index in [1.54, 1.807) is 25.6 Å². The molecule has 0 aromatic heterocycles. The first kappa shape index (κ1) is 19.0. The topological polar surface area (TPSA) is 105 Å². The Kier molecular flexibility index (Phi) is 3.52. The van der Waals surface area contributed by atoms with Crippen LogP contribution in [0.25, 0.3) is 0 Å². The molecule has 7 heterocycles. The number of hydrogen-bond acceptors (Lipinski definition) is 9. The molecule has 4 bridgehead atoms. The molecule has 8 atom stereocenters. The highest BCUT2D eigenvalue weighted by Crippen LogP contribution is 2.66. The lowest BCUT2D eigenvalue weighted by Gasteiger charge is -2.41. The molecule has 160 valence electrons. The molecule has 0 amide bonds. The molecule has 0 aliphatic carbocycles. The predicted molar refractivity (Wildman–Crippen MR) is 101 cm³/mol. The third-order valence-corrected chi connectivity index (χ3v) is 9.98. The average Bonchev–Trinajstić information content (AvgIpc) is 3.53. The summed E-state index contributed by atoms with van der Waals surface area (Å²) in [6.07, 6.45) is 5.47. The lowest BCUT2D eigenvalue weighted by atomic mass is 9.58. The molecule has 4 unspecified atom stereocenters. The van der Waals surface area contributed by atoms with Crippen LogP contribution in [0.5, 0.6) is 0 Å². The second-order valence-electron chi connectivity index (χ2n) is 9.56. The summed E-state index contributed by atoms with van der Waals surface area (Å²) in [5.41, 5.74) is -2.93. The quantitative estimate of drug-likeness (QED) is 0.315. The lowest BCUT2D eigenvalue weighted by molar-refractivity contribution is -0.161. The van der Waals surface area contributed by atoms with Crippen molar-refractivity contribution in [3.63, 3.8) is 0 Å². The molecular formula is C21H22O8S. The van der Waals surface area contributed by atoms with Crippen molar-refractivity contribution in [1.29, 1.82) is 0 Å². The van der Waals surface area contributed by atoms with Gasteiger partial charge in [-0.05, 0) is 38.9 Å². The van der Waals surface area contributed by atoms with Crippen LogP contribution in [0.2, 0.25) is 0 Å². The standard InChI is InChI=1S/C11H10O4S.C10H12O4/c12-8-10-3-4-16-5-11(10,9(13)15-8)7-2-1-6(10)14-7;1-9-5-3-4-6(13-5)10(9,2)8(12)14-7(9)11/h1-2,6-7H,3-5H2;5-6H,3-4H2,1-2H3/t;5-,6+,9+,10-. The fourth-order valence-corrected chi connectivity index (χ4v) is 8.20. The van der Waals surface area contributed by atoms with E-state index < -0.39 is 33.6 Å². The molecule has 6 fully saturated rings. The first-order valence-electron chi connectivity index (χ1n) is 10.3. The van der Waals surface area contributed by atoms with Gasteiger partial charge in [0.1, 0.15) is 21.7 Å². The van der Waals surface area contributed by atoms with E-state index in [1.807, 2.05) is 12.2 Å². The first-order chi connectivity index (χ1) is 14.2. The van der Waals surface area contributed by atoms with Crippen LogP contribution in [-0.2, 0) is 38.1 Å². The van der Waals surface area contributed by atoms with Gasteiger partial charge < -0.3 is 18.9 Å². The largest absolute Gasteiger partial charge is 0.392 e. The minimum absolute atomic E-state index is 0.128. The van der Waals surface area contributed by atoms with E-state index in [0.717, 1.165) is 18.6 Å². The van der Waals surface area contributed by atoms with Crippen molar-refractivity contribution >= 4 is 35.6 Å². The molecule has 6 saturated heterocycles. The van der Waals surface area contributed by atoms with Gasteiger partial charge >= 0.3 is 23.9 Å². The smallest absolute Gasteiger partial charge is 0.324 e. The summed E-state index contributed by atoms with van der Waals surface area (Å²) >= 11 is 1.71. The highest BCUT2D eigenvalue weighted by molar-refractivity contribution is 7.99. The molecule has 0 aromatic rings. The number of hydrogen-bond donors (Lipinski definition) is 0. The van der Waals surface area contributed by atoms with Crippen molar-refractivity contribution < 1.29 is 38.1 Å². The number of carbonyl (C=O) groups excluding carboxylic acids is 4. The average molecular weight is 434 g/mol. The molecule has 0 spiro atoms. The third-order valence-electron chi connectivity index (χ3n) is 8.83. The molecule has 7 aliphatic heterocycles. The van der Waals surface area contributed by atoms with Crippen molar-refractivity contribution in [2.75, 3.05) is 11.5 Å². The molecule has 0 aromatic carbocycles. The Hall–Kier alpha value is -1.71. The van der Waals surface area contributed by atoms with Crippen LogP contribution in [0, 0.1) is 21.7 Å². The van der Waals surface area contributed by atoms with Gasteiger partial charge in [0.2, 0.25) is 0 Å². The van der Waals surface area contributed by atoms with Crippen LogP contribution in [0.3, 0.4) is 0 Å². The van der Waals surface area contributed by atoms with Crippen LogP contribution in [0.15, 0.2) is 12.2 Å². The van der Waals surface area contributed by atoms with Gasteiger partial charge in [-0.25, -0.2) is 0 Å². The Bertz CT molecular complexity index is 875. The van der Waals surface area contributed by atoms with E-state index in [1.165, 1.54) is 0 Å². The van der Waals surface area contributed by atoms with E-state index in [4.69, 9.17) is 18.9 Å². The van der Waals surface area contributed by atoms with Crippen molar-refractivity contribution in [2.24, 2.45) is 21.7 Å². The molecule has 7 aliphatic rings. The number of thioether (sulfide) groups is 1. The van der Waals surface area contributed by atoms with Gasteiger partial charge in [-0.2, -0.15) is 11.8 Å². The molecule has 9 heteroatoms. The van der Waals surface area contributed by atoms with Gasteiger partial charge in [-0.15, -0.1) is 0 Å². The number of cyclic esters (lactones) is 4. The summed E-state index contributed by atoms with van der Waals surface area (Å²) in [5, 5.41) is 0. The zero-order valence-corrected chi connectivity index (χ0v) is 17.5. The van der Waals surface area contributed by atoms with E-state index >= 15 is 0 Å². The summed E-state index contributed by atoms with van der Waals surface area (Å²) in [6, 6.07) is 0. The van der Waals surface area contributed by atoms with Crippen LogP contribution in [-0.4, -0.2) is 59.8 Å². The summed E-state index contributed by atoms with van der Waals surface area (Å²) < 4.78 is 21.1. The molecule has 8 nitrogen and oxygen atoms in total. The van der Waals surface area contributed by atoms with Gasteiger partial charge in [-0.3, -0.25) is 19.2 Å². The summed E-state index contributed by atoms with van der Waals surface area (Å²) in [4.78, 5) is 47.4. The highest BCUT2D eigenvalue weighted by atomic mass is 32.2. The van der Waals surface area contributed by atoms with Crippen LogP contribution < -0.4 is 0 Å². The monoisotopic (exact) mass is 434 g/mol. The van der Waals surface area contributed by atoms with Crippen LogP contribution in [0.1, 0.15) is 33.1 Å². The first-order valence-corrected chi connectivity index (χ1v) is 11.5. The van der Waals surface area contributed by atoms with Crippen LogP contribution >= 0.6 is 11.8 Å². The van der Waals surface area contributed by atoms with Gasteiger partial charge in [-0.1, -0.05) is 12.2 Å². The van der Waals surface area contributed by atoms with Gasteiger partial charge in [0.05, 0.1) is 24.4 Å². The van der Waals surface area contributed by atoms with Gasteiger partial charge in [0.25, 0.3) is 0 Å². The van der Waals surface area contributed by atoms with E-state index in [-0.39, 0.29) is 36.4 Å². The van der Waals surface area contributed by atoms with Crippen molar-refractivity contribution in [3.8, 4) is 0 Å². The lowest BCUT2D eigenvalue weighted by Crippen LogP contribution is -2.55. The highest BCUT2D eigenvalue weighted by Gasteiger charge is 2.80. The Morgan fingerprint density at radius 2 is 1.33 bits per heavy atom. The summed E-state index contributed by atoms with van der Waals surface area (Å²) in [5.74, 6) is -0.0150. The molecule has 7 rings (SSSR count). The van der Waals surface area contributed by atoms with Crippen LogP contribution in [0.4, 0.5) is 0 Å². The zero-order chi connectivity index (χ0) is 21.1. The number of fused-ring (bicyclic) bond motifs is 7. The van der Waals surface area contributed by atoms with Gasteiger partial charge in [0.15, 0.2) is 0 Å². The molecule has 0 radical (unpaired) electrons. The maximum Gasteiger partial charge on any atom is 0.324 e. The Morgan fingerprint density at radius 1 is 0.800 bits per heavy atom. The predicted octanol–water partition coefficient (Wildman–Crippen LogP) is 1.16. The third kappa shape index (κ3) is 1.71. The fraction of sp³-hybridized carbons (Fsp3) is 0.714. The number of esters is 4. The number of ether oxygens (including phenoxy) is 4. The van der Waals surface area contributed by atoms with E-state index in [2.05, 4.69) is 0 Å². The normalized spacial score (nSPS) is 53.8. The van der Waals surface area contributed by atoms with Crippen molar-refractivity contribution in [2.45, 2.75) is 57.5 Å². The maximum absolute atomic E-state index is 12.0. The summed E-state index contributed by atoms with van der Waals surface area (Å²) in [7, 11) is 0. The minimum Gasteiger partial charge on any atom is -0.392 e. The zero-order valence-electron chi connectivity index (χ0n) is 16.7. The molecule has 30 heavy (non-hydrogen) atoms. The molecular weight excluding hydrogens is 412 g/mol. The van der Waals surface area contributed by atoms with Crippen molar-refractivity contribution in [3.05, 3.63) is 12.2 Å². The number of rotatable bonds is 0. The Morgan fingerprint density at radius 3 is 1.93 bits per heavy atom. The Balaban J connectivity index is 0.000000118. The van der Waals surface area contributed by atoms with Gasteiger partial charge in [0, 0.05) is 5.75 Å². The Labute approximate surface area is 177 Å². The SMILES string of the molecule is C[C@@]12C(=O)OC(=O)[C@]1(C)[C@H]1CC[C@@H]2O1.O=C1OC(=O)C23CSCCC12C1C=CC3O1. The second-order valence-corrected chi connectivity index (χ2v) is 10.7. The maximum atomic E-state index is 12.0. The van der Waals surface area contributed by atoms with Crippen molar-refractivity contribution in [1.82, 2.24) is 0 Å². The summed E-state index contributed by atoms with van der Waals surface area (Å²) in [6.45, 7) is 3.59. The number of carbonyl (C=O) groups is 4. The van der Waals surface area contributed by atoms with E-state index in [9.17, 15) is 19.2 Å².